The second-order valence-corrected chi connectivity index (χ2v) is 6.60. The van der Waals surface area contributed by atoms with Crippen LogP contribution in [0.25, 0.3) is 0 Å². The average Bonchev–Trinajstić information content (AvgIpc) is 2.97. The van der Waals surface area contributed by atoms with E-state index in [4.69, 9.17) is 27.6 Å². The monoisotopic (exact) mass is 317 g/mol. The maximum atomic E-state index is 6.29. The third-order valence-electron chi connectivity index (χ3n) is 3.00. The minimum Gasteiger partial charge on any atom is -0.469 e. The molecule has 5 heteroatoms. The van der Waals surface area contributed by atoms with Gasteiger partial charge in [-0.05, 0) is 25.1 Å². The van der Waals surface area contributed by atoms with E-state index >= 15 is 0 Å². The van der Waals surface area contributed by atoms with Gasteiger partial charge in [-0.15, -0.1) is 11.3 Å². The normalized spacial score (nSPS) is 12.8. The first-order valence-corrected chi connectivity index (χ1v) is 7.99. The molecule has 104 valence electrons. The van der Waals surface area contributed by atoms with Gasteiger partial charge in [0.25, 0.3) is 0 Å². The zero-order chi connectivity index (χ0) is 13.8. The summed E-state index contributed by atoms with van der Waals surface area (Å²) in [6, 6.07) is 3.99. The van der Waals surface area contributed by atoms with Gasteiger partial charge in [-0.2, -0.15) is 0 Å². The molecule has 0 spiro atoms. The molecule has 2 rings (SSSR count). The number of thiophene rings is 1. The lowest BCUT2D eigenvalue weighted by molar-refractivity contribution is 0.500. The lowest BCUT2D eigenvalue weighted by atomic mass is 10.0. The fourth-order valence-electron chi connectivity index (χ4n) is 2.12. The zero-order valence-corrected chi connectivity index (χ0v) is 13.3. The second-order valence-electron chi connectivity index (χ2n) is 4.32. The van der Waals surface area contributed by atoms with Crippen molar-refractivity contribution in [3.05, 3.63) is 44.0 Å². The molecule has 0 aliphatic rings. The summed E-state index contributed by atoms with van der Waals surface area (Å²) >= 11 is 13.8. The Morgan fingerprint density at radius 2 is 2.11 bits per heavy atom. The molecule has 0 aliphatic carbocycles. The Balaban J connectivity index is 2.38. The number of hydrogen-bond acceptors (Lipinski definition) is 3. The van der Waals surface area contributed by atoms with E-state index in [0.29, 0.717) is 4.34 Å². The van der Waals surface area contributed by atoms with Gasteiger partial charge < -0.3 is 9.73 Å². The van der Waals surface area contributed by atoms with E-state index in [1.165, 1.54) is 11.3 Å². The van der Waals surface area contributed by atoms with Crippen LogP contribution in [0.5, 0.6) is 0 Å². The molecule has 2 nitrogen and oxygen atoms in total. The molecule has 0 fully saturated rings. The van der Waals surface area contributed by atoms with E-state index in [0.717, 1.165) is 40.6 Å². The minimum absolute atomic E-state index is 0.0462. The average molecular weight is 318 g/mol. The van der Waals surface area contributed by atoms with Crippen LogP contribution in [-0.2, 0) is 6.42 Å². The first-order chi connectivity index (χ1) is 9.17. The lowest BCUT2D eigenvalue weighted by Crippen LogP contribution is -2.23. The molecule has 2 aromatic rings. The van der Waals surface area contributed by atoms with Crippen molar-refractivity contribution in [1.29, 1.82) is 0 Å². The van der Waals surface area contributed by atoms with Crippen molar-refractivity contribution in [2.75, 3.05) is 6.54 Å². The van der Waals surface area contributed by atoms with Crippen LogP contribution in [0.2, 0.25) is 8.67 Å². The summed E-state index contributed by atoms with van der Waals surface area (Å²) < 4.78 is 6.98. The van der Waals surface area contributed by atoms with Crippen LogP contribution < -0.4 is 5.32 Å². The van der Waals surface area contributed by atoms with Gasteiger partial charge >= 0.3 is 0 Å². The topological polar surface area (TPSA) is 25.2 Å². The van der Waals surface area contributed by atoms with Crippen LogP contribution in [0.3, 0.4) is 0 Å². The molecule has 0 bridgehead atoms. The zero-order valence-electron chi connectivity index (χ0n) is 11.0. The van der Waals surface area contributed by atoms with Gasteiger partial charge in [-0.3, -0.25) is 0 Å². The van der Waals surface area contributed by atoms with Crippen molar-refractivity contribution >= 4 is 34.5 Å². The molecule has 1 unspecified atom stereocenters. The van der Waals surface area contributed by atoms with E-state index in [9.17, 15) is 0 Å². The van der Waals surface area contributed by atoms with Gasteiger partial charge in [-0.1, -0.05) is 37.0 Å². The summed E-state index contributed by atoms with van der Waals surface area (Å²) in [5, 5.41) is 3.52. The summed E-state index contributed by atoms with van der Waals surface area (Å²) in [4.78, 5) is 0. The maximum absolute atomic E-state index is 6.29. The van der Waals surface area contributed by atoms with Gasteiger partial charge in [0.15, 0.2) is 0 Å². The van der Waals surface area contributed by atoms with E-state index in [1.807, 2.05) is 12.1 Å². The second kappa shape index (κ2) is 6.80. The Hall–Kier alpha value is -0.480. The molecule has 1 atom stereocenters. The Morgan fingerprint density at radius 1 is 1.32 bits per heavy atom. The maximum Gasteiger partial charge on any atom is 0.108 e. The van der Waals surface area contributed by atoms with E-state index in [2.05, 4.69) is 19.2 Å². The number of furan rings is 1. The number of aryl methyl sites for hydroxylation is 1. The highest BCUT2D eigenvalue weighted by Crippen LogP contribution is 2.38. The van der Waals surface area contributed by atoms with Gasteiger partial charge in [0, 0.05) is 17.5 Å². The third kappa shape index (κ3) is 3.34. The van der Waals surface area contributed by atoms with Crippen LogP contribution in [0, 0.1) is 0 Å². The van der Waals surface area contributed by atoms with Crippen molar-refractivity contribution in [2.45, 2.75) is 32.7 Å². The van der Waals surface area contributed by atoms with Gasteiger partial charge in [0.05, 0.1) is 21.0 Å². The predicted octanol–water partition coefficient (Wildman–Crippen LogP) is 5.30. The van der Waals surface area contributed by atoms with Gasteiger partial charge in [0.2, 0.25) is 0 Å². The van der Waals surface area contributed by atoms with Crippen LogP contribution >= 0.6 is 34.5 Å². The highest BCUT2D eigenvalue weighted by molar-refractivity contribution is 7.20. The van der Waals surface area contributed by atoms with Crippen LogP contribution in [0.15, 0.2) is 22.8 Å². The van der Waals surface area contributed by atoms with Crippen molar-refractivity contribution < 1.29 is 4.42 Å². The van der Waals surface area contributed by atoms with Crippen molar-refractivity contribution in [1.82, 2.24) is 5.32 Å². The smallest absolute Gasteiger partial charge is 0.108 e. The molecule has 0 saturated carbocycles. The van der Waals surface area contributed by atoms with Crippen LogP contribution in [0.4, 0.5) is 0 Å². The number of rotatable bonds is 6. The van der Waals surface area contributed by atoms with Crippen molar-refractivity contribution in [2.24, 2.45) is 0 Å². The quantitative estimate of drug-likeness (QED) is 0.782. The van der Waals surface area contributed by atoms with Crippen molar-refractivity contribution in [3.8, 4) is 0 Å². The highest BCUT2D eigenvalue weighted by atomic mass is 35.5. The molecule has 0 aromatic carbocycles. The van der Waals surface area contributed by atoms with Crippen LogP contribution in [0.1, 0.15) is 43.2 Å². The summed E-state index contributed by atoms with van der Waals surface area (Å²) in [6.07, 6.45) is 3.66. The Kier molecular flexibility index (Phi) is 5.34. The minimum atomic E-state index is 0.0462. The first kappa shape index (κ1) is 14.9. The lowest BCUT2D eigenvalue weighted by Gasteiger charge is -2.18. The molecule has 19 heavy (non-hydrogen) atoms. The van der Waals surface area contributed by atoms with Gasteiger partial charge in [0.1, 0.15) is 5.76 Å². The van der Waals surface area contributed by atoms with Gasteiger partial charge in [-0.25, -0.2) is 0 Å². The SMILES string of the molecule is CCCNC(c1ccoc1CC)c1cc(Cl)sc1Cl. The molecule has 0 aliphatic heterocycles. The fourth-order valence-corrected chi connectivity index (χ4v) is 3.65. The Morgan fingerprint density at radius 3 is 2.68 bits per heavy atom. The first-order valence-electron chi connectivity index (χ1n) is 6.41. The Labute approximate surface area is 127 Å². The van der Waals surface area contributed by atoms with Crippen molar-refractivity contribution in [3.63, 3.8) is 0 Å². The van der Waals surface area contributed by atoms with E-state index in [1.54, 1.807) is 6.26 Å². The molecule has 0 amide bonds. The standard InChI is InChI=1S/C14H17Cl2NOS/c1-3-6-17-13(9-5-7-18-11(9)4-2)10-8-12(15)19-14(10)16/h5,7-8,13,17H,3-4,6H2,1-2H3. The molecule has 0 saturated heterocycles. The Bertz CT molecular complexity index is 535. The molecule has 1 N–H and O–H groups in total. The number of nitrogens with one attached hydrogen (secondary N) is 1. The summed E-state index contributed by atoms with van der Waals surface area (Å²) in [5.74, 6) is 0.993. The highest BCUT2D eigenvalue weighted by Gasteiger charge is 2.22. The molecule has 2 heterocycles. The molecular weight excluding hydrogens is 301 g/mol. The summed E-state index contributed by atoms with van der Waals surface area (Å²) in [5.41, 5.74) is 2.17. The number of hydrogen-bond donors (Lipinski definition) is 1. The number of halogens is 2. The molecule has 2 aromatic heterocycles. The molecule has 0 radical (unpaired) electrons. The summed E-state index contributed by atoms with van der Waals surface area (Å²) in [7, 11) is 0. The largest absolute Gasteiger partial charge is 0.469 e. The fraction of sp³-hybridized carbons (Fsp3) is 0.429. The van der Waals surface area contributed by atoms with E-state index in [-0.39, 0.29) is 6.04 Å². The van der Waals surface area contributed by atoms with Crippen LogP contribution in [-0.4, -0.2) is 6.54 Å². The predicted molar refractivity (Wildman–Crippen MR) is 82.6 cm³/mol. The summed E-state index contributed by atoms with van der Waals surface area (Å²) in [6.45, 7) is 5.15. The van der Waals surface area contributed by atoms with E-state index < -0.39 is 0 Å². The third-order valence-corrected chi connectivity index (χ3v) is 4.52. The molecular formula is C14H17Cl2NOS.